The van der Waals surface area contributed by atoms with Gasteiger partial charge in [0.2, 0.25) is 0 Å². The van der Waals surface area contributed by atoms with Crippen LogP contribution in [0.1, 0.15) is 36.1 Å². The van der Waals surface area contributed by atoms with Gasteiger partial charge in [-0.05, 0) is 35.1 Å². The molecule has 23 heavy (non-hydrogen) atoms. The third-order valence-corrected chi connectivity index (χ3v) is 4.53. The van der Waals surface area contributed by atoms with Crippen LogP contribution in [0.15, 0.2) is 48.5 Å². The van der Waals surface area contributed by atoms with Crippen LogP contribution in [0.3, 0.4) is 0 Å². The lowest BCUT2D eigenvalue weighted by molar-refractivity contribution is 0.201. The molecule has 0 spiro atoms. The summed E-state index contributed by atoms with van der Waals surface area (Å²) in [5.74, 6) is 0. The van der Waals surface area contributed by atoms with Crippen LogP contribution < -0.4 is 0 Å². The van der Waals surface area contributed by atoms with Gasteiger partial charge in [-0.3, -0.25) is 0 Å². The van der Waals surface area contributed by atoms with Crippen molar-refractivity contribution in [2.75, 3.05) is 0 Å². The van der Waals surface area contributed by atoms with Crippen molar-refractivity contribution in [1.29, 1.82) is 0 Å². The summed E-state index contributed by atoms with van der Waals surface area (Å²) in [5.41, 5.74) is 3.85. The van der Waals surface area contributed by atoms with Gasteiger partial charge in [0.05, 0.1) is 13.2 Å². The highest BCUT2D eigenvalue weighted by Gasteiger charge is 2.14. The Morgan fingerprint density at radius 3 is 1.39 bits per heavy atom. The molecule has 0 amide bonds. The first-order valence-electron chi connectivity index (χ1n) is 7.73. The summed E-state index contributed by atoms with van der Waals surface area (Å²) < 4.78 is 33.9. The summed E-state index contributed by atoms with van der Waals surface area (Å²) in [6, 6.07) is 15.2. The Hall–Kier alpha value is -1.69. The third kappa shape index (κ3) is 5.16. The molecule has 2 aromatic carbocycles. The highest BCUT2D eigenvalue weighted by atomic mass is 32.3. The van der Waals surface area contributed by atoms with Crippen molar-refractivity contribution in [2.24, 2.45) is 0 Å². The van der Waals surface area contributed by atoms with Crippen molar-refractivity contribution in [1.82, 2.24) is 0 Å². The van der Waals surface area contributed by atoms with Gasteiger partial charge in [0.1, 0.15) is 0 Å². The number of hydrogen-bond acceptors (Lipinski definition) is 4. The van der Waals surface area contributed by atoms with Crippen molar-refractivity contribution in [3.05, 3.63) is 70.8 Å². The van der Waals surface area contributed by atoms with Crippen molar-refractivity contribution in [2.45, 2.75) is 39.9 Å². The van der Waals surface area contributed by atoms with Gasteiger partial charge in [-0.15, -0.1) is 0 Å². The molecule has 0 aliphatic carbocycles. The van der Waals surface area contributed by atoms with E-state index >= 15 is 0 Å². The summed E-state index contributed by atoms with van der Waals surface area (Å²) in [5, 5.41) is 0. The summed E-state index contributed by atoms with van der Waals surface area (Å²) in [4.78, 5) is 0. The van der Waals surface area contributed by atoms with Crippen LogP contribution in [-0.2, 0) is 44.8 Å². The smallest absolute Gasteiger partial charge is 0.243 e. The number of rotatable bonds is 8. The van der Waals surface area contributed by atoms with Crippen LogP contribution in [0.4, 0.5) is 0 Å². The summed E-state index contributed by atoms with van der Waals surface area (Å²) in [7, 11) is -4.03. The minimum Gasteiger partial charge on any atom is -0.243 e. The Morgan fingerprint density at radius 1 is 0.696 bits per heavy atom. The fourth-order valence-electron chi connectivity index (χ4n) is 2.39. The maximum absolute atomic E-state index is 11.9. The SMILES string of the molecule is CCc1ccccc1COS(=O)(=O)OCc1ccccc1CC. The molecule has 124 valence electrons. The topological polar surface area (TPSA) is 52.6 Å². The van der Waals surface area contributed by atoms with E-state index in [-0.39, 0.29) is 13.2 Å². The lowest BCUT2D eigenvalue weighted by Gasteiger charge is -2.10. The van der Waals surface area contributed by atoms with Crippen molar-refractivity contribution >= 4 is 10.4 Å². The zero-order valence-electron chi connectivity index (χ0n) is 13.5. The molecule has 0 aliphatic rings. The highest BCUT2D eigenvalue weighted by Crippen LogP contribution is 2.15. The molecule has 2 rings (SSSR count). The summed E-state index contributed by atoms with van der Waals surface area (Å²) in [6.45, 7) is 4.01. The van der Waals surface area contributed by atoms with E-state index < -0.39 is 10.4 Å². The van der Waals surface area contributed by atoms with E-state index in [9.17, 15) is 8.42 Å². The van der Waals surface area contributed by atoms with Crippen molar-refractivity contribution in [3.8, 4) is 0 Å². The van der Waals surface area contributed by atoms with Gasteiger partial charge in [0.15, 0.2) is 0 Å². The molecule has 0 aromatic heterocycles. The maximum Gasteiger partial charge on any atom is 0.400 e. The predicted octanol–water partition coefficient (Wildman–Crippen LogP) is 3.79. The Morgan fingerprint density at radius 2 is 1.04 bits per heavy atom. The van der Waals surface area contributed by atoms with Crippen LogP contribution in [0.5, 0.6) is 0 Å². The molecule has 0 saturated heterocycles. The van der Waals surface area contributed by atoms with Gasteiger partial charge in [-0.1, -0.05) is 62.4 Å². The summed E-state index contributed by atoms with van der Waals surface area (Å²) >= 11 is 0. The van der Waals surface area contributed by atoms with Gasteiger partial charge in [-0.25, -0.2) is 8.37 Å². The largest absolute Gasteiger partial charge is 0.400 e. The van der Waals surface area contributed by atoms with Gasteiger partial charge in [0.25, 0.3) is 0 Å². The molecule has 0 unspecified atom stereocenters. The zero-order chi connectivity index (χ0) is 16.7. The second-order valence-electron chi connectivity index (χ2n) is 5.18. The molecule has 4 nitrogen and oxygen atoms in total. The molecular weight excluding hydrogens is 312 g/mol. The van der Waals surface area contributed by atoms with Crippen LogP contribution in [0, 0.1) is 0 Å². The number of hydrogen-bond donors (Lipinski definition) is 0. The van der Waals surface area contributed by atoms with E-state index in [1.54, 1.807) is 0 Å². The Labute approximate surface area is 138 Å². The molecule has 0 fully saturated rings. The molecule has 0 saturated carbocycles. The predicted molar refractivity (Wildman–Crippen MR) is 90.1 cm³/mol. The second-order valence-corrected chi connectivity index (χ2v) is 6.47. The van der Waals surface area contributed by atoms with Crippen molar-refractivity contribution in [3.63, 3.8) is 0 Å². The van der Waals surface area contributed by atoms with E-state index in [1.807, 2.05) is 62.4 Å². The monoisotopic (exact) mass is 334 g/mol. The highest BCUT2D eigenvalue weighted by molar-refractivity contribution is 7.81. The first kappa shape index (κ1) is 17.7. The normalized spacial score (nSPS) is 11.6. The van der Waals surface area contributed by atoms with Crippen LogP contribution >= 0.6 is 0 Å². The zero-order valence-corrected chi connectivity index (χ0v) is 14.3. The molecule has 5 heteroatoms. The van der Waals surface area contributed by atoms with Crippen LogP contribution in [-0.4, -0.2) is 8.42 Å². The number of aryl methyl sites for hydroxylation is 2. The minimum absolute atomic E-state index is 0.0121. The molecule has 0 N–H and O–H groups in total. The van der Waals surface area contributed by atoms with E-state index in [0.717, 1.165) is 35.1 Å². The van der Waals surface area contributed by atoms with E-state index in [2.05, 4.69) is 0 Å². The maximum atomic E-state index is 11.9. The van der Waals surface area contributed by atoms with Gasteiger partial charge < -0.3 is 0 Å². The van der Waals surface area contributed by atoms with Gasteiger partial charge in [0, 0.05) is 0 Å². The van der Waals surface area contributed by atoms with Crippen molar-refractivity contribution < 1.29 is 16.8 Å². The van der Waals surface area contributed by atoms with Gasteiger partial charge >= 0.3 is 10.4 Å². The van der Waals surface area contributed by atoms with E-state index in [0.29, 0.717) is 0 Å². The molecule has 0 atom stereocenters. The standard InChI is InChI=1S/C18H22O4S/c1-3-15-9-5-7-11-17(15)13-21-23(19,20)22-14-18-12-8-6-10-16(18)4-2/h5-12H,3-4,13-14H2,1-2H3. The lowest BCUT2D eigenvalue weighted by atomic mass is 10.1. The minimum atomic E-state index is -4.03. The molecular formula is C18H22O4S. The fraction of sp³-hybridized carbons (Fsp3) is 0.333. The molecule has 0 radical (unpaired) electrons. The summed E-state index contributed by atoms with van der Waals surface area (Å²) in [6.07, 6.45) is 1.65. The quantitative estimate of drug-likeness (QED) is 0.737. The van der Waals surface area contributed by atoms with E-state index in [1.165, 1.54) is 0 Å². The van der Waals surface area contributed by atoms with E-state index in [4.69, 9.17) is 8.37 Å². The molecule has 0 heterocycles. The number of benzene rings is 2. The Kier molecular flexibility index (Phi) is 6.33. The first-order chi connectivity index (χ1) is 11.1. The molecule has 2 aromatic rings. The average molecular weight is 334 g/mol. The average Bonchev–Trinajstić information content (AvgIpc) is 2.59. The van der Waals surface area contributed by atoms with Crippen LogP contribution in [0.25, 0.3) is 0 Å². The Balaban J connectivity index is 1.97. The molecule has 0 bridgehead atoms. The fourth-order valence-corrected chi connectivity index (χ4v) is 3.00. The molecule has 0 aliphatic heterocycles. The third-order valence-electron chi connectivity index (χ3n) is 3.72. The van der Waals surface area contributed by atoms with Gasteiger partial charge in [-0.2, -0.15) is 8.42 Å². The Bertz CT molecular complexity index is 681. The lowest BCUT2D eigenvalue weighted by Crippen LogP contribution is -2.11. The second kappa shape index (κ2) is 8.24. The van der Waals surface area contributed by atoms with Crippen LogP contribution in [0.2, 0.25) is 0 Å². The first-order valence-corrected chi connectivity index (χ1v) is 9.06.